The Kier molecular flexibility index (Phi) is 8.10. The fourth-order valence-electron chi connectivity index (χ4n) is 8.81. The summed E-state index contributed by atoms with van der Waals surface area (Å²) >= 11 is 0. The summed E-state index contributed by atoms with van der Waals surface area (Å²) in [5.41, 5.74) is 11.5. The molecule has 0 radical (unpaired) electrons. The molecule has 61 heavy (non-hydrogen) atoms. The lowest BCUT2D eigenvalue weighted by atomic mass is 9.98. The van der Waals surface area contributed by atoms with Crippen LogP contribution >= 0.6 is 0 Å². The number of aromatic nitrogens is 5. The predicted octanol–water partition coefficient (Wildman–Crippen LogP) is 14.2. The van der Waals surface area contributed by atoms with Crippen molar-refractivity contribution in [2.24, 2.45) is 0 Å². The summed E-state index contributed by atoms with van der Waals surface area (Å²) < 4.78 is 2.39. The van der Waals surface area contributed by atoms with E-state index in [0.717, 1.165) is 77.5 Å². The highest BCUT2D eigenvalue weighted by Gasteiger charge is 2.18. The minimum absolute atomic E-state index is 0.631. The van der Waals surface area contributed by atoms with Crippen LogP contribution in [0.4, 0.5) is 0 Å². The van der Waals surface area contributed by atoms with Gasteiger partial charge in [-0.2, -0.15) is 0 Å². The van der Waals surface area contributed by atoms with Gasteiger partial charge in [-0.25, -0.2) is 19.9 Å². The number of hydrogen-bond acceptors (Lipinski definition) is 4. The molecule has 0 fully saturated rings. The molecule has 0 saturated heterocycles. The largest absolute Gasteiger partial charge is 0.309 e. The van der Waals surface area contributed by atoms with Crippen LogP contribution in [0, 0.1) is 0 Å². The number of hydrogen-bond donors (Lipinski definition) is 0. The standard InChI is InChI=1S/C56H35N5/c1-4-15-38(16-5-1)53-47-23-13-12-22-45(47)48-35-52-49(34-50(48)57-53)46-31-30-42(33-51(46)61(52)44-20-8-3-9-21-44)37-24-27-40(28-25-37)55-58-54(39-17-6-2-7-18-39)59-56(60-55)43-29-26-36-14-10-11-19-41(36)32-43/h1-35H. The molecule has 0 unspecified atom stereocenters. The number of fused-ring (bicyclic) bond motifs is 7. The maximum absolute atomic E-state index is 5.34. The molecule has 12 aromatic rings. The van der Waals surface area contributed by atoms with Crippen molar-refractivity contribution < 1.29 is 0 Å². The van der Waals surface area contributed by atoms with E-state index in [0.29, 0.717) is 17.5 Å². The average Bonchev–Trinajstić information content (AvgIpc) is 3.66. The minimum Gasteiger partial charge on any atom is -0.309 e. The van der Waals surface area contributed by atoms with Gasteiger partial charge in [0.15, 0.2) is 17.5 Å². The van der Waals surface area contributed by atoms with Gasteiger partial charge < -0.3 is 4.57 Å². The molecule has 0 N–H and O–H groups in total. The molecule has 0 spiro atoms. The van der Waals surface area contributed by atoms with Crippen molar-refractivity contribution in [3.63, 3.8) is 0 Å². The molecule has 0 aliphatic rings. The molecule has 3 aromatic heterocycles. The molecule has 0 aliphatic carbocycles. The van der Waals surface area contributed by atoms with Crippen molar-refractivity contribution in [3.05, 3.63) is 212 Å². The van der Waals surface area contributed by atoms with Crippen molar-refractivity contribution in [2.45, 2.75) is 0 Å². The Morgan fingerprint density at radius 2 is 0.820 bits per heavy atom. The first-order chi connectivity index (χ1) is 30.2. The van der Waals surface area contributed by atoms with Crippen LogP contribution < -0.4 is 0 Å². The van der Waals surface area contributed by atoms with Crippen molar-refractivity contribution in [3.8, 4) is 62.2 Å². The highest BCUT2D eigenvalue weighted by atomic mass is 15.0. The van der Waals surface area contributed by atoms with Crippen molar-refractivity contribution in [1.82, 2.24) is 24.5 Å². The van der Waals surface area contributed by atoms with Gasteiger partial charge >= 0.3 is 0 Å². The van der Waals surface area contributed by atoms with Gasteiger partial charge in [0.05, 0.1) is 22.2 Å². The number of rotatable bonds is 6. The quantitative estimate of drug-likeness (QED) is 0.158. The third kappa shape index (κ3) is 6.02. The van der Waals surface area contributed by atoms with Gasteiger partial charge in [0, 0.05) is 49.5 Å². The smallest absolute Gasteiger partial charge is 0.164 e. The fourth-order valence-corrected chi connectivity index (χ4v) is 8.81. The lowest BCUT2D eigenvalue weighted by Crippen LogP contribution is -2.00. The molecule has 0 atom stereocenters. The first kappa shape index (κ1) is 34.7. The fraction of sp³-hybridized carbons (Fsp3) is 0. The van der Waals surface area contributed by atoms with Crippen molar-refractivity contribution >= 4 is 54.3 Å². The highest BCUT2D eigenvalue weighted by Crippen LogP contribution is 2.40. The van der Waals surface area contributed by atoms with Gasteiger partial charge in [-0.05, 0) is 63.7 Å². The molecule has 0 saturated carbocycles. The molecule has 9 aromatic carbocycles. The second-order valence-electron chi connectivity index (χ2n) is 15.5. The Morgan fingerprint density at radius 3 is 1.56 bits per heavy atom. The van der Waals surface area contributed by atoms with Crippen LogP contribution in [-0.4, -0.2) is 24.5 Å². The normalized spacial score (nSPS) is 11.6. The number of benzene rings is 9. The molecule has 284 valence electrons. The van der Waals surface area contributed by atoms with Crippen LogP contribution in [0.1, 0.15) is 0 Å². The molecule has 0 aliphatic heterocycles. The number of para-hydroxylation sites is 1. The Bertz CT molecular complexity index is 3620. The summed E-state index contributed by atoms with van der Waals surface area (Å²) in [4.78, 5) is 20.4. The third-order valence-electron chi connectivity index (χ3n) is 11.8. The highest BCUT2D eigenvalue weighted by molar-refractivity contribution is 6.19. The van der Waals surface area contributed by atoms with Crippen molar-refractivity contribution in [1.29, 1.82) is 0 Å². The zero-order valence-electron chi connectivity index (χ0n) is 32.9. The lowest BCUT2D eigenvalue weighted by molar-refractivity contribution is 1.07. The van der Waals surface area contributed by atoms with Crippen molar-refractivity contribution in [2.75, 3.05) is 0 Å². The first-order valence-electron chi connectivity index (χ1n) is 20.5. The van der Waals surface area contributed by atoms with Gasteiger partial charge in [0.2, 0.25) is 0 Å². The van der Waals surface area contributed by atoms with Crippen LogP contribution in [0.2, 0.25) is 0 Å². The maximum Gasteiger partial charge on any atom is 0.164 e. The topological polar surface area (TPSA) is 56.5 Å². The van der Waals surface area contributed by atoms with Crippen LogP contribution in [0.25, 0.3) is 116 Å². The minimum atomic E-state index is 0.631. The summed E-state index contributed by atoms with van der Waals surface area (Å²) in [5, 5.41) is 8.14. The predicted molar refractivity (Wildman–Crippen MR) is 252 cm³/mol. The van der Waals surface area contributed by atoms with Crippen LogP contribution in [0.5, 0.6) is 0 Å². The number of pyridine rings is 1. The first-order valence-corrected chi connectivity index (χ1v) is 20.5. The van der Waals surface area contributed by atoms with E-state index < -0.39 is 0 Å². The van der Waals surface area contributed by atoms with Gasteiger partial charge in [-0.1, -0.05) is 176 Å². The van der Waals surface area contributed by atoms with E-state index in [-0.39, 0.29) is 0 Å². The summed E-state index contributed by atoms with van der Waals surface area (Å²) in [6.07, 6.45) is 0. The molecule has 5 nitrogen and oxygen atoms in total. The van der Waals surface area contributed by atoms with Crippen LogP contribution in [-0.2, 0) is 0 Å². The van der Waals surface area contributed by atoms with E-state index in [2.05, 4.69) is 187 Å². The van der Waals surface area contributed by atoms with Gasteiger partial charge in [0.1, 0.15) is 0 Å². The number of nitrogens with zero attached hydrogens (tertiary/aromatic N) is 5. The monoisotopic (exact) mass is 777 g/mol. The summed E-state index contributed by atoms with van der Waals surface area (Å²) in [7, 11) is 0. The Hall–Kier alpha value is -8.28. The van der Waals surface area contributed by atoms with E-state index in [1.165, 1.54) is 21.5 Å². The molecular formula is C56H35N5. The van der Waals surface area contributed by atoms with E-state index in [1.807, 2.05) is 30.3 Å². The summed E-state index contributed by atoms with van der Waals surface area (Å²) in [6.45, 7) is 0. The molecule has 12 rings (SSSR count). The lowest BCUT2D eigenvalue weighted by Gasteiger charge is -2.12. The second kappa shape index (κ2) is 14.2. The van der Waals surface area contributed by atoms with Crippen LogP contribution in [0.3, 0.4) is 0 Å². The zero-order valence-corrected chi connectivity index (χ0v) is 32.9. The zero-order chi connectivity index (χ0) is 40.3. The Balaban J connectivity index is 0.994. The van der Waals surface area contributed by atoms with E-state index in [4.69, 9.17) is 19.9 Å². The van der Waals surface area contributed by atoms with E-state index >= 15 is 0 Å². The van der Waals surface area contributed by atoms with Gasteiger partial charge in [0.25, 0.3) is 0 Å². The van der Waals surface area contributed by atoms with E-state index in [1.54, 1.807) is 0 Å². The molecule has 5 heteroatoms. The molecule has 0 bridgehead atoms. The third-order valence-corrected chi connectivity index (χ3v) is 11.8. The molecular weight excluding hydrogens is 743 g/mol. The van der Waals surface area contributed by atoms with Gasteiger partial charge in [-0.3, -0.25) is 0 Å². The summed E-state index contributed by atoms with van der Waals surface area (Å²) in [6, 6.07) is 74.6. The summed E-state index contributed by atoms with van der Waals surface area (Å²) in [5.74, 6) is 1.92. The molecule has 3 heterocycles. The second-order valence-corrected chi connectivity index (χ2v) is 15.5. The van der Waals surface area contributed by atoms with E-state index in [9.17, 15) is 0 Å². The van der Waals surface area contributed by atoms with Gasteiger partial charge in [-0.15, -0.1) is 0 Å². The maximum atomic E-state index is 5.34. The Labute approximate surface area is 351 Å². The average molecular weight is 778 g/mol. The molecule has 0 amide bonds. The Morgan fingerprint density at radius 1 is 0.279 bits per heavy atom. The van der Waals surface area contributed by atoms with Crippen LogP contribution in [0.15, 0.2) is 212 Å². The SMILES string of the molecule is c1ccc(-c2nc(-c3ccc(-c4ccc5c6cc7nc(-c8ccccc8)c8ccccc8c7cc6n(-c6ccccc6)c5c4)cc3)nc(-c3ccc4ccccc4c3)n2)cc1.